The van der Waals surface area contributed by atoms with Crippen molar-refractivity contribution in [3.05, 3.63) is 48.3 Å². The second kappa shape index (κ2) is 7.94. The molecule has 0 radical (unpaired) electrons. The number of aromatic nitrogens is 1. The number of ether oxygens (including phenoxy) is 3. The van der Waals surface area contributed by atoms with E-state index >= 15 is 0 Å². The van der Waals surface area contributed by atoms with E-state index in [-0.39, 0.29) is 11.5 Å². The molecule has 0 bridgehead atoms. The number of carbonyl (C=O) groups excluding carboxylic acids is 2. The molecular weight excluding hydrogens is 484 g/mol. The Kier molecular flexibility index (Phi) is 5.31. The molecule has 5 atom stereocenters. The number of benzene rings is 1. The fourth-order valence-electron chi connectivity index (χ4n) is 5.55. The van der Waals surface area contributed by atoms with Gasteiger partial charge >= 0.3 is 12.3 Å². The van der Waals surface area contributed by atoms with Gasteiger partial charge in [0.15, 0.2) is 16.9 Å². The molecule has 1 aliphatic carbocycles. The van der Waals surface area contributed by atoms with Crippen LogP contribution in [0.25, 0.3) is 17.2 Å². The van der Waals surface area contributed by atoms with Crippen molar-refractivity contribution in [3.63, 3.8) is 0 Å². The number of carbonyl (C=O) groups is 2. The van der Waals surface area contributed by atoms with E-state index in [9.17, 15) is 27.2 Å². The average Bonchev–Trinajstić information content (AvgIpc) is 3.25. The second-order valence-corrected chi connectivity index (χ2v) is 9.41. The lowest BCUT2D eigenvalue weighted by Crippen LogP contribution is -2.58. The third-order valence-electron chi connectivity index (χ3n) is 7.36. The largest absolute Gasteiger partial charge is 0.586 e. The number of nitrogens with zero attached hydrogens (tertiary/aromatic N) is 1. The van der Waals surface area contributed by atoms with E-state index in [4.69, 9.17) is 10.5 Å². The number of halogens is 4. The van der Waals surface area contributed by atoms with Gasteiger partial charge in [0.25, 0.3) is 5.92 Å². The van der Waals surface area contributed by atoms with E-state index in [2.05, 4.69) is 14.5 Å². The zero-order chi connectivity index (χ0) is 26.0. The summed E-state index contributed by atoms with van der Waals surface area (Å²) in [7, 11) is 0. The van der Waals surface area contributed by atoms with Crippen LogP contribution in [-0.2, 0) is 14.3 Å². The third kappa shape index (κ3) is 3.59. The number of nitrogens with two attached hydrogens (primary N) is 1. The molecule has 36 heavy (non-hydrogen) atoms. The number of hydrogen-bond acceptors (Lipinski definition) is 6. The summed E-state index contributed by atoms with van der Waals surface area (Å²) in [6, 6.07) is 7.65. The Bertz CT molecular complexity index is 1270. The van der Waals surface area contributed by atoms with E-state index in [0.29, 0.717) is 16.8 Å². The molecule has 11 heteroatoms. The van der Waals surface area contributed by atoms with Crippen LogP contribution in [-0.4, -0.2) is 35.2 Å². The molecule has 1 saturated heterocycles. The summed E-state index contributed by atoms with van der Waals surface area (Å²) in [6.45, 7) is 2.92. The fourth-order valence-corrected chi connectivity index (χ4v) is 5.55. The summed E-state index contributed by atoms with van der Waals surface area (Å²) >= 11 is 0. The lowest BCUT2D eigenvalue weighted by Gasteiger charge is -2.46. The highest BCUT2D eigenvalue weighted by molar-refractivity contribution is 6.04. The van der Waals surface area contributed by atoms with Gasteiger partial charge in [0.05, 0.1) is 5.69 Å². The SMILES string of the molecule is C[C@H]1OC(=O)[C@]2(C(N)=O)CC(F)(F)[C@@H](C)[C@H](/C=C/c3ccc(-c4cccc5c4OC(F)(F)O5)cn3)[C@H]12. The smallest absolute Gasteiger partial charge is 0.461 e. The Labute approximate surface area is 203 Å². The summed E-state index contributed by atoms with van der Waals surface area (Å²) in [4.78, 5) is 29.1. The third-order valence-corrected chi connectivity index (χ3v) is 7.36. The summed E-state index contributed by atoms with van der Waals surface area (Å²) in [5, 5.41) is 0. The van der Waals surface area contributed by atoms with Crippen molar-refractivity contribution in [2.45, 2.75) is 38.6 Å². The second-order valence-electron chi connectivity index (χ2n) is 9.41. The van der Waals surface area contributed by atoms with E-state index < -0.39 is 59.8 Å². The average molecular weight is 506 g/mol. The first-order valence-corrected chi connectivity index (χ1v) is 11.3. The van der Waals surface area contributed by atoms with Gasteiger partial charge < -0.3 is 19.9 Å². The van der Waals surface area contributed by atoms with Crippen molar-refractivity contribution in [2.24, 2.45) is 28.9 Å². The molecule has 1 aromatic heterocycles. The minimum absolute atomic E-state index is 0.103. The maximum absolute atomic E-state index is 15.0. The number of fused-ring (bicyclic) bond motifs is 2. The Hall–Kier alpha value is -3.63. The first-order valence-electron chi connectivity index (χ1n) is 11.3. The van der Waals surface area contributed by atoms with E-state index in [1.807, 2.05) is 0 Å². The standard InChI is InChI=1S/C25H22F4N2O5/c1-12-16(19-13(2)34-22(33)23(19,21(30)32)11-24(12,26)27)9-8-15-7-6-14(10-31-15)17-4-3-5-18-20(17)36-25(28,29)35-18/h3-10,12-13,16,19H,11H2,1-2H3,(H2,30,32)/b9-8+/t12-,13+,16-,19-,23+/m0/s1. The highest BCUT2D eigenvalue weighted by atomic mass is 19.3. The van der Waals surface area contributed by atoms with Gasteiger partial charge in [0.1, 0.15) is 6.10 Å². The molecule has 7 nitrogen and oxygen atoms in total. The number of rotatable bonds is 4. The van der Waals surface area contributed by atoms with Gasteiger partial charge in [0, 0.05) is 35.6 Å². The predicted molar refractivity (Wildman–Crippen MR) is 118 cm³/mol. The number of alkyl halides is 4. The number of primary amides is 1. The van der Waals surface area contributed by atoms with Crippen LogP contribution in [0.1, 0.15) is 26.0 Å². The van der Waals surface area contributed by atoms with Crippen LogP contribution >= 0.6 is 0 Å². The van der Waals surface area contributed by atoms with Crippen molar-refractivity contribution in [2.75, 3.05) is 0 Å². The van der Waals surface area contributed by atoms with Crippen LogP contribution in [0, 0.1) is 23.2 Å². The van der Waals surface area contributed by atoms with Gasteiger partial charge in [-0.1, -0.05) is 31.2 Å². The molecule has 0 unspecified atom stereocenters. The zero-order valence-electron chi connectivity index (χ0n) is 19.2. The lowest BCUT2D eigenvalue weighted by atomic mass is 9.56. The molecule has 2 aliphatic heterocycles. The van der Waals surface area contributed by atoms with Crippen molar-refractivity contribution in [1.29, 1.82) is 0 Å². The Morgan fingerprint density at radius 1 is 1.14 bits per heavy atom. The summed E-state index contributed by atoms with van der Waals surface area (Å²) in [6.07, 6.45) is -1.11. The van der Waals surface area contributed by atoms with Crippen LogP contribution in [0.5, 0.6) is 11.5 Å². The number of pyridine rings is 1. The highest BCUT2D eigenvalue weighted by Crippen LogP contribution is 2.59. The number of para-hydroxylation sites is 1. The molecule has 5 rings (SSSR count). The van der Waals surface area contributed by atoms with Gasteiger partial charge in [-0.15, -0.1) is 8.78 Å². The Morgan fingerprint density at radius 3 is 2.56 bits per heavy atom. The van der Waals surface area contributed by atoms with Crippen LogP contribution in [0.15, 0.2) is 42.6 Å². The van der Waals surface area contributed by atoms with Gasteiger partial charge in [-0.05, 0) is 31.1 Å². The molecule has 2 N–H and O–H groups in total. The van der Waals surface area contributed by atoms with Crippen LogP contribution in [0.2, 0.25) is 0 Å². The molecule has 1 aromatic carbocycles. The number of esters is 1. The van der Waals surface area contributed by atoms with Gasteiger partial charge in [-0.25, -0.2) is 8.78 Å². The Balaban J connectivity index is 1.45. The molecule has 1 saturated carbocycles. The fraction of sp³-hybridized carbons (Fsp3) is 0.400. The van der Waals surface area contributed by atoms with E-state index in [1.54, 1.807) is 25.1 Å². The number of amides is 1. The molecule has 3 heterocycles. The number of cyclic esters (lactones) is 1. The van der Waals surface area contributed by atoms with Gasteiger partial charge in [-0.2, -0.15) is 0 Å². The maximum atomic E-state index is 15.0. The maximum Gasteiger partial charge on any atom is 0.586 e. The van der Waals surface area contributed by atoms with Gasteiger partial charge in [-0.3, -0.25) is 14.6 Å². The summed E-state index contributed by atoms with van der Waals surface area (Å²) in [5.41, 5.74) is 4.57. The molecule has 2 aromatic rings. The number of allylic oxidation sites excluding steroid dienone is 1. The molecule has 2 fully saturated rings. The molecule has 0 spiro atoms. The topological polar surface area (TPSA) is 101 Å². The molecule has 1 amide bonds. The van der Waals surface area contributed by atoms with E-state index in [1.165, 1.54) is 37.4 Å². The zero-order valence-corrected chi connectivity index (χ0v) is 19.2. The van der Waals surface area contributed by atoms with Crippen molar-refractivity contribution in [1.82, 2.24) is 4.98 Å². The molecule has 3 aliphatic rings. The minimum Gasteiger partial charge on any atom is -0.461 e. The van der Waals surface area contributed by atoms with Crippen molar-refractivity contribution < 1.29 is 41.4 Å². The van der Waals surface area contributed by atoms with Crippen LogP contribution < -0.4 is 15.2 Å². The quantitative estimate of drug-likeness (QED) is 0.375. The number of hydrogen-bond donors (Lipinski definition) is 1. The lowest BCUT2D eigenvalue weighted by molar-refractivity contribution is -0.286. The van der Waals surface area contributed by atoms with Crippen LogP contribution in [0.3, 0.4) is 0 Å². The summed E-state index contributed by atoms with van der Waals surface area (Å²) < 4.78 is 71.3. The van der Waals surface area contributed by atoms with Crippen molar-refractivity contribution in [3.8, 4) is 22.6 Å². The van der Waals surface area contributed by atoms with Crippen LogP contribution in [0.4, 0.5) is 17.6 Å². The highest BCUT2D eigenvalue weighted by Gasteiger charge is 2.70. The van der Waals surface area contributed by atoms with Crippen molar-refractivity contribution >= 4 is 18.0 Å². The molecular formula is C25H22F4N2O5. The monoisotopic (exact) mass is 506 g/mol. The normalized spacial score (nSPS) is 31.8. The minimum atomic E-state index is -3.77. The first kappa shape index (κ1) is 24.1. The Morgan fingerprint density at radius 2 is 1.89 bits per heavy atom. The predicted octanol–water partition coefficient (Wildman–Crippen LogP) is 4.41. The first-order chi connectivity index (χ1) is 16.9. The van der Waals surface area contributed by atoms with E-state index in [0.717, 1.165) is 0 Å². The molecule has 190 valence electrons. The summed E-state index contributed by atoms with van der Waals surface area (Å²) in [5.74, 6) is -8.67. The van der Waals surface area contributed by atoms with Gasteiger partial charge in [0.2, 0.25) is 5.91 Å².